The van der Waals surface area contributed by atoms with Gasteiger partial charge in [0.25, 0.3) is 5.91 Å². The molecule has 0 spiro atoms. The summed E-state index contributed by atoms with van der Waals surface area (Å²) in [5.74, 6) is 1.05. The van der Waals surface area contributed by atoms with Crippen LogP contribution in [0.25, 0.3) is 0 Å². The van der Waals surface area contributed by atoms with Crippen LogP contribution in [0.15, 0.2) is 11.6 Å². The van der Waals surface area contributed by atoms with Gasteiger partial charge in [-0.15, -0.1) is 16.4 Å². The highest BCUT2D eigenvalue weighted by Crippen LogP contribution is 2.24. The van der Waals surface area contributed by atoms with E-state index in [-0.39, 0.29) is 5.91 Å². The van der Waals surface area contributed by atoms with E-state index in [1.165, 1.54) is 23.3 Å². The second kappa shape index (κ2) is 5.88. The quantitative estimate of drug-likeness (QED) is 0.839. The number of anilines is 1. The minimum atomic E-state index is 0.102. The first-order chi connectivity index (χ1) is 11.2. The van der Waals surface area contributed by atoms with E-state index in [0.29, 0.717) is 0 Å². The zero-order valence-corrected chi connectivity index (χ0v) is 14.0. The number of rotatable bonds is 2. The van der Waals surface area contributed by atoms with Crippen LogP contribution in [0, 0.1) is 6.92 Å². The van der Waals surface area contributed by atoms with Gasteiger partial charge in [-0.2, -0.15) is 5.10 Å². The van der Waals surface area contributed by atoms with Gasteiger partial charge in [0.2, 0.25) is 0 Å². The summed E-state index contributed by atoms with van der Waals surface area (Å²) in [6, 6.07) is 2.18. The average Bonchev–Trinajstić information content (AvgIpc) is 3.22. The molecule has 2 aliphatic rings. The van der Waals surface area contributed by atoms with Crippen molar-refractivity contribution in [1.29, 1.82) is 0 Å². The monoisotopic (exact) mass is 329 g/mol. The number of carbonyl (C=O) groups excluding carboxylic acids is 1. The summed E-state index contributed by atoms with van der Waals surface area (Å²) in [6.07, 6.45) is 3.35. The third-order valence-corrected chi connectivity index (χ3v) is 5.55. The maximum absolute atomic E-state index is 12.5. The fourth-order valence-corrected chi connectivity index (χ4v) is 4.03. The molecule has 1 saturated heterocycles. The summed E-state index contributed by atoms with van der Waals surface area (Å²) in [5, 5.41) is 8.73. The van der Waals surface area contributed by atoms with Crippen molar-refractivity contribution < 1.29 is 4.79 Å². The first-order valence-electron chi connectivity index (χ1n) is 8.02. The molecule has 1 fully saturated rings. The molecule has 0 unspecified atom stereocenters. The maximum atomic E-state index is 12.5. The minimum Gasteiger partial charge on any atom is -0.352 e. The van der Waals surface area contributed by atoms with Crippen molar-refractivity contribution in [1.82, 2.24) is 20.1 Å². The molecule has 120 valence electrons. The Bertz CT molecular complexity index is 736. The predicted molar refractivity (Wildman–Crippen MR) is 89.0 cm³/mol. The van der Waals surface area contributed by atoms with E-state index in [0.717, 1.165) is 61.1 Å². The van der Waals surface area contributed by atoms with Gasteiger partial charge in [0.1, 0.15) is 4.88 Å². The molecule has 1 aliphatic carbocycles. The summed E-state index contributed by atoms with van der Waals surface area (Å²) >= 11 is 1.42. The standard InChI is InChI=1S/C16H19N5OS/c1-11-15(23-10-17-11)16(22)21-7-5-20(6-8-21)14-9-12-3-2-4-13(12)18-19-14/h9-10H,2-8H2,1H3. The Morgan fingerprint density at radius 1 is 1.17 bits per heavy atom. The lowest BCUT2D eigenvalue weighted by molar-refractivity contribution is 0.0750. The van der Waals surface area contributed by atoms with Crippen LogP contribution in [0.2, 0.25) is 0 Å². The SMILES string of the molecule is Cc1ncsc1C(=O)N1CCN(c2cc3c(nn2)CCC3)CC1. The minimum absolute atomic E-state index is 0.102. The van der Waals surface area contributed by atoms with Crippen molar-refractivity contribution in [3.05, 3.63) is 33.4 Å². The number of hydrogen-bond donors (Lipinski definition) is 0. The van der Waals surface area contributed by atoms with Crippen LogP contribution in [0.5, 0.6) is 0 Å². The summed E-state index contributed by atoms with van der Waals surface area (Å²) in [4.78, 5) is 21.6. The van der Waals surface area contributed by atoms with E-state index in [9.17, 15) is 4.79 Å². The zero-order chi connectivity index (χ0) is 15.8. The van der Waals surface area contributed by atoms with Crippen LogP contribution in [-0.2, 0) is 12.8 Å². The Morgan fingerprint density at radius 3 is 2.74 bits per heavy atom. The second-order valence-corrected chi connectivity index (χ2v) is 6.93. The molecule has 6 nitrogen and oxygen atoms in total. The van der Waals surface area contributed by atoms with Crippen LogP contribution in [0.1, 0.15) is 33.0 Å². The molecule has 1 amide bonds. The van der Waals surface area contributed by atoms with Gasteiger partial charge in [-0.1, -0.05) is 0 Å². The highest BCUT2D eigenvalue weighted by atomic mass is 32.1. The molecular weight excluding hydrogens is 310 g/mol. The van der Waals surface area contributed by atoms with Gasteiger partial charge in [0.05, 0.1) is 16.9 Å². The van der Waals surface area contributed by atoms with Crippen molar-refractivity contribution in [2.75, 3.05) is 31.1 Å². The molecule has 7 heteroatoms. The van der Waals surface area contributed by atoms with Crippen molar-refractivity contribution >= 4 is 23.1 Å². The first kappa shape index (κ1) is 14.6. The van der Waals surface area contributed by atoms with E-state index in [4.69, 9.17) is 0 Å². The molecule has 0 radical (unpaired) electrons. The van der Waals surface area contributed by atoms with Gasteiger partial charge in [0, 0.05) is 26.2 Å². The van der Waals surface area contributed by atoms with Crippen LogP contribution in [-0.4, -0.2) is 52.2 Å². The summed E-state index contributed by atoms with van der Waals surface area (Å²) in [6.45, 7) is 4.93. The fourth-order valence-electron chi connectivity index (χ4n) is 3.26. The molecule has 0 N–H and O–H groups in total. The molecule has 0 aromatic carbocycles. The Kier molecular flexibility index (Phi) is 3.72. The third-order valence-electron chi connectivity index (χ3n) is 4.64. The van der Waals surface area contributed by atoms with E-state index in [2.05, 4.69) is 26.1 Å². The highest BCUT2D eigenvalue weighted by molar-refractivity contribution is 7.11. The van der Waals surface area contributed by atoms with Crippen molar-refractivity contribution in [2.45, 2.75) is 26.2 Å². The molecule has 0 saturated carbocycles. The number of nitrogens with zero attached hydrogens (tertiary/aromatic N) is 5. The number of thiazole rings is 1. The van der Waals surface area contributed by atoms with E-state index < -0.39 is 0 Å². The van der Waals surface area contributed by atoms with Crippen LogP contribution >= 0.6 is 11.3 Å². The van der Waals surface area contributed by atoms with Gasteiger partial charge in [-0.05, 0) is 37.8 Å². The smallest absolute Gasteiger partial charge is 0.265 e. The number of fused-ring (bicyclic) bond motifs is 1. The molecule has 2 aromatic heterocycles. The average molecular weight is 329 g/mol. The molecule has 3 heterocycles. The number of amides is 1. The fraction of sp³-hybridized carbons (Fsp3) is 0.500. The van der Waals surface area contributed by atoms with Crippen molar-refractivity contribution in [2.24, 2.45) is 0 Å². The van der Waals surface area contributed by atoms with Crippen LogP contribution < -0.4 is 4.90 Å². The predicted octanol–water partition coefficient (Wildman–Crippen LogP) is 1.69. The van der Waals surface area contributed by atoms with Crippen molar-refractivity contribution in [3.8, 4) is 0 Å². The molecule has 1 aliphatic heterocycles. The van der Waals surface area contributed by atoms with Gasteiger partial charge >= 0.3 is 0 Å². The molecule has 4 rings (SSSR count). The second-order valence-electron chi connectivity index (χ2n) is 6.07. The first-order valence-corrected chi connectivity index (χ1v) is 8.90. The van der Waals surface area contributed by atoms with Crippen LogP contribution in [0.4, 0.5) is 5.82 Å². The summed E-state index contributed by atoms with van der Waals surface area (Å²) < 4.78 is 0. The third kappa shape index (κ3) is 2.69. The van der Waals surface area contributed by atoms with Gasteiger partial charge < -0.3 is 9.80 Å². The normalized spacial score (nSPS) is 17.4. The summed E-state index contributed by atoms with van der Waals surface area (Å²) in [7, 11) is 0. The van der Waals surface area contributed by atoms with E-state index in [1.54, 1.807) is 5.51 Å². The van der Waals surface area contributed by atoms with Gasteiger partial charge in [-0.25, -0.2) is 4.98 Å². The molecule has 23 heavy (non-hydrogen) atoms. The Labute approximate surface area is 139 Å². The molecular formula is C16H19N5OS. The Balaban J connectivity index is 1.43. The van der Waals surface area contributed by atoms with Crippen LogP contribution in [0.3, 0.4) is 0 Å². The maximum Gasteiger partial charge on any atom is 0.265 e. The largest absolute Gasteiger partial charge is 0.352 e. The van der Waals surface area contributed by atoms with Crippen molar-refractivity contribution in [3.63, 3.8) is 0 Å². The lowest BCUT2D eigenvalue weighted by Crippen LogP contribution is -2.49. The zero-order valence-electron chi connectivity index (χ0n) is 13.2. The van der Waals surface area contributed by atoms with Gasteiger partial charge in [0.15, 0.2) is 5.82 Å². The number of hydrogen-bond acceptors (Lipinski definition) is 6. The van der Waals surface area contributed by atoms with E-state index >= 15 is 0 Å². The Morgan fingerprint density at radius 2 is 2.00 bits per heavy atom. The number of piperazine rings is 1. The lowest BCUT2D eigenvalue weighted by atomic mass is 10.2. The van der Waals surface area contributed by atoms with Gasteiger partial charge in [-0.3, -0.25) is 4.79 Å². The number of aromatic nitrogens is 3. The molecule has 0 atom stereocenters. The van der Waals surface area contributed by atoms with E-state index in [1.807, 2.05) is 11.8 Å². The Hall–Kier alpha value is -2.02. The summed E-state index contributed by atoms with van der Waals surface area (Å²) in [5.41, 5.74) is 5.06. The molecule has 0 bridgehead atoms. The highest BCUT2D eigenvalue weighted by Gasteiger charge is 2.25. The topological polar surface area (TPSA) is 62.2 Å². The molecule has 2 aromatic rings. The lowest BCUT2D eigenvalue weighted by Gasteiger charge is -2.35. The number of aryl methyl sites for hydroxylation is 3. The number of carbonyl (C=O) groups is 1.